The van der Waals surface area contributed by atoms with Crippen molar-refractivity contribution < 1.29 is 19.1 Å². The molecular formula is C23H21BrO4. The van der Waals surface area contributed by atoms with Crippen LogP contribution in [0, 0.1) is 23.7 Å². The molecule has 2 aliphatic carbocycles. The van der Waals surface area contributed by atoms with Crippen LogP contribution in [0.5, 0.6) is 0 Å². The molecule has 0 spiro atoms. The van der Waals surface area contributed by atoms with E-state index in [9.17, 15) is 14.4 Å². The molecule has 2 fully saturated rings. The van der Waals surface area contributed by atoms with Gasteiger partial charge in [-0.05, 0) is 43.2 Å². The number of rotatable bonds is 6. The van der Waals surface area contributed by atoms with Crippen molar-refractivity contribution in [3.63, 3.8) is 0 Å². The van der Waals surface area contributed by atoms with Crippen molar-refractivity contribution in [2.75, 3.05) is 6.61 Å². The van der Waals surface area contributed by atoms with Crippen LogP contribution in [0.1, 0.15) is 40.0 Å². The molecule has 0 N–H and O–H groups in total. The summed E-state index contributed by atoms with van der Waals surface area (Å²) in [5, 5.41) is 0. The number of Topliss-reactive ketones (excluding diaryl/α,β-unsaturated/α-hetero) is 2. The highest BCUT2D eigenvalue weighted by atomic mass is 79.9. The number of ketones is 2. The third kappa shape index (κ3) is 3.68. The van der Waals surface area contributed by atoms with Crippen molar-refractivity contribution in [1.82, 2.24) is 0 Å². The minimum absolute atomic E-state index is 0.0222. The SMILES string of the molecule is O=C(COC(=O)[C@@H]1[C@@H]2CC[C@@H](C2)[C@@H]1C(=O)c1ccccc1)c1ccc(Br)cc1. The number of carbonyl (C=O) groups excluding carboxylic acids is 3. The molecule has 144 valence electrons. The number of hydrogen-bond donors (Lipinski definition) is 0. The van der Waals surface area contributed by atoms with Gasteiger partial charge in [0.25, 0.3) is 0 Å². The lowest BCUT2D eigenvalue weighted by molar-refractivity contribution is -0.150. The zero-order valence-corrected chi connectivity index (χ0v) is 16.9. The Hall–Kier alpha value is -2.27. The van der Waals surface area contributed by atoms with E-state index >= 15 is 0 Å². The van der Waals surface area contributed by atoms with Gasteiger partial charge in [-0.25, -0.2) is 0 Å². The van der Waals surface area contributed by atoms with E-state index in [1.165, 1.54) is 0 Å². The highest BCUT2D eigenvalue weighted by molar-refractivity contribution is 9.10. The minimum Gasteiger partial charge on any atom is -0.457 e. The molecule has 0 amide bonds. The zero-order chi connectivity index (χ0) is 19.7. The monoisotopic (exact) mass is 440 g/mol. The largest absolute Gasteiger partial charge is 0.457 e. The number of benzene rings is 2. The van der Waals surface area contributed by atoms with Gasteiger partial charge in [-0.2, -0.15) is 0 Å². The summed E-state index contributed by atoms with van der Waals surface area (Å²) in [6, 6.07) is 16.1. The fourth-order valence-corrected chi connectivity index (χ4v) is 5.02. The van der Waals surface area contributed by atoms with Gasteiger partial charge in [0, 0.05) is 21.5 Å². The van der Waals surface area contributed by atoms with Crippen molar-refractivity contribution in [1.29, 1.82) is 0 Å². The highest BCUT2D eigenvalue weighted by Gasteiger charge is 2.54. The smallest absolute Gasteiger partial charge is 0.310 e. The number of ether oxygens (including phenoxy) is 1. The van der Waals surface area contributed by atoms with Crippen LogP contribution in [0.3, 0.4) is 0 Å². The normalized spacial score (nSPS) is 25.5. The van der Waals surface area contributed by atoms with Gasteiger partial charge in [-0.15, -0.1) is 0 Å². The van der Waals surface area contributed by atoms with Crippen molar-refractivity contribution >= 4 is 33.5 Å². The quantitative estimate of drug-likeness (QED) is 0.481. The zero-order valence-electron chi connectivity index (χ0n) is 15.3. The molecule has 28 heavy (non-hydrogen) atoms. The van der Waals surface area contributed by atoms with Gasteiger partial charge < -0.3 is 4.74 Å². The fraction of sp³-hybridized carbons (Fsp3) is 0.348. The van der Waals surface area contributed by atoms with Gasteiger partial charge in [-0.3, -0.25) is 14.4 Å². The Balaban J connectivity index is 1.45. The lowest BCUT2D eigenvalue weighted by atomic mass is 9.75. The molecule has 4 rings (SSSR count). The Morgan fingerprint density at radius 3 is 2.18 bits per heavy atom. The Bertz CT molecular complexity index is 891. The van der Waals surface area contributed by atoms with E-state index < -0.39 is 11.9 Å². The molecule has 2 aromatic rings. The average molecular weight is 441 g/mol. The maximum absolute atomic E-state index is 13.1. The van der Waals surface area contributed by atoms with Gasteiger partial charge in [0.1, 0.15) is 0 Å². The molecule has 0 heterocycles. The number of halogens is 1. The highest BCUT2D eigenvalue weighted by Crippen LogP contribution is 2.53. The van der Waals surface area contributed by atoms with E-state index in [1.807, 2.05) is 18.2 Å². The molecule has 4 atom stereocenters. The van der Waals surface area contributed by atoms with Crippen LogP contribution < -0.4 is 0 Å². The molecule has 0 saturated heterocycles. The molecule has 2 aliphatic rings. The van der Waals surface area contributed by atoms with Crippen LogP contribution in [0.2, 0.25) is 0 Å². The van der Waals surface area contributed by atoms with E-state index in [0.29, 0.717) is 11.1 Å². The second-order valence-electron chi connectivity index (χ2n) is 7.65. The first-order valence-corrected chi connectivity index (χ1v) is 10.4. The summed E-state index contributed by atoms with van der Waals surface area (Å²) in [5.41, 5.74) is 1.14. The van der Waals surface area contributed by atoms with Crippen LogP contribution in [0.4, 0.5) is 0 Å². The molecule has 0 aromatic heterocycles. The van der Waals surface area contributed by atoms with E-state index in [0.717, 1.165) is 23.7 Å². The third-order valence-electron chi connectivity index (χ3n) is 6.06. The van der Waals surface area contributed by atoms with Crippen LogP contribution in [-0.4, -0.2) is 24.1 Å². The van der Waals surface area contributed by atoms with Gasteiger partial charge in [-0.1, -0.05) is 58.4 Å². The van der Waals surface area contributed by atoms with E-state index in [1.54, 1.807) is 36.4 Å². The van der Waals surface area contributed by atoms with Crippen LogP contribution in [0.25, 0.3) is 0 Å². The van der Waals surface area contributed by atoms with E-state index in [2.05, 4.69) is 15.9 Å². The molecule has 0 unspecified atom stereocenters. The second-order valence-corrected chi connectivity index (χ2v) is 8.57. The summed E-state index contributed by atoms with van der Waals surface area (Å²) in [5.74, 6) is -0.994. The van der Waals surface area contributed by atoms with Crippen molar-refractivity contribution in [2.24, 2.45) is 23.7 Å². The minimum atomic E-state index is -0.441. The summed E-state index contributed by atoms with van der Waals surface area (Å²) in [7, 11) is 0. The second kappa shape index (κ2) is 8.00. The maximum atomic E-state index is 13.1. The molecule has 0 radical (unpaired) electrons. The lowest BCUT2D eigenvalue weighted by Gasteiger charge is -2.28. The standard InChI is InChI=1S/C23H21BrO4/c24-18-10-8-14(9-11-18)19(25)13-28-23(27)21-17-7-6-16(12-17)20(21)22(26)15-4-2-1-3-5-15/h1-5,8-11,16-17,20-21H,6-7,12-13H2/t16-,17+,20-,21+/m0/s1. The first-order valence-electron chi connectivity index (χ1n) is 9.59. The van der Waals surface area contributed by atoms with Gasteiger partial charge in [0.15, 0.2) is 18.2 Å². The Labute approximate surface area is 172 Å². The average Bonchev–Trinajstić information content (AvgIpc) is 3.34. The number of esters is 1. The number of fused-ring (bicyclic) bond motifs is 2. The maximum Gasteiger partial charge on any atom is 0.310 e. The summed E-state index contributed by atoms with van der Waals surface area (Å²) in [6.07, 6.45) is 2.82. The molecule has 2 saturated carbocycles. The number of carbonyl (C=O) groups is 3. The Morgan fingerprint density at radius 2 is 1.50 bits per heavy atom. The van der Waals surface area contributed by atoms with Crippen LogP contribution in [0.15, 0.2) is 59.1 Å². The number of hydrogen-bond acceptors (Lipinski definition) is 4. The predicted octanol–water partition coefficient (Wildman–Crippen LogP) is 4.72. The molecule has 0 aliphatic heterocycles. The van der Waals surface area contributed by atoms with Crippen molar-refractivity contribution in [3.8, 4) is 0 Å². The fourth-order valence-electron chi connectivity index (χ4n) is 4.75. The third-order valence-corrected chi connectivity index (χ3v) is 6.59. The van der Waals surface area contributed by atoms with Crippen LogP contribution in [-0.2, 0) is 9.53 Å². The topological polar surface area (TPSA) is 60.4 Å². The molecule has 4 nitrogen and oxygen atoms in total. The summed E-state index contributed by atoms with van der Waals surface area (Å²) < 4.78 is 6.27. The Morgan fingerprint density at radius 1 is 0.857 bits per heavy atom. The van der Waals surface area contributed by atoms with Crippen molar-refractivity contribution in [3.05, 3.63) is 70.2 Å². The first kappa shape index (κ1) is 19.1. The van der Waals surface area contributed by atoms with Crippen molar-refractivity contribution in [2.45, 2.75) is 19.3 Å². The van der Waals surface area contributed by atoms with Gasteiger partial charge >= 0.3 is 5.97 Å². The predicted molar refractivity (Wildman–Crippen MR) is 108 cm³/mol. The molecule has 2 aromatic carbocycles. The first-order chi connectivity index (χ1) is 13.5. The molecular weight excluding hydrogens is 420 g/mol. The summed E-state index contributed by atoms with van der Waals surface area (Å²) in [4.78, 5) is 38.2. The molecule has 2 bridgehead atoms. The molecule has 5 heteroatoms. The van der Waals surface area contributed by atoms with Crippen LogP contribution >= 0.6 is 15.9 Å². The summed E-state index contributed by atoms with van der Waals surface area (Å²) in [6.45, 7) is -0.291. The Kier molecular flexibility index (Phi) is 5.44. The van der Waals surface area contributed by atoms with E-state index in [-0.39, 0.29) is 35.9 Å². The van der Waals surface area contributed by atoms with Gasteiger partial charge in [0.2, 0.25) is 0 Å². The van der Waals surface area contributed by atoms with E-state index in [4.69, 9.17) is 4.74 Å². The summed E-state index contributed by atoms with van der Waals surface area (Å²) >= 11 is 3.33. The lowest BCUT2D eigenvalue weighted by Crippen LogP contribution is -2.36. The van der Waals surface area contributed by atoms with Gasteiger partial charge in [0.05, 0.1) is 5.92 Å².